The predicted octanol–water partition coefficient (Wildman–Crippen LogP) is 5.44. The van der Waals surface area contributed by atoms with Crippen molar-refractivity contribution >= 4 is 40.3 Å². The van der Waals surface area contributed by atoms with Gasteiger partial charge in [-0.25, -0.2) is 9.97 Å². The Hall–Kier alpha value is -3.65. The van der Waals surface area contributed by atoms with Gasteiger partial charge in [-0.15, -0.1) is 0 Å². The Kier molecular flexibility index (Phi) is 8.31. The number of aromatic amines is 1. The van der Waals surface area contributed by atoms with Crippen LogP contribution in [0.2, 0.25) is 5.02 Å². The number of anilines is 1. The van der Waals surface area contributed by atoms with Crippen molar-refractivity contribution in [3.05, 3.63) is 67.0 Å². The number of hydrogen-bond donors (Lipinski definition) is 2. The molecular weight excluding hydrogens is 512 g/mol. The number of hydrogen-bond acceptors (Lipinski definition) is 5. The predicted molar refractivity (Wildman–Crippen MR) is 155 cm³/mol. The summed E-state index contributed by atoms with van der Waals surface area (Å²) in [5, 5.41) is 5.06. The van der Waals surface area contributed by atoms with Crippen molar-refractivity contribution in [1.29, 1.82) is 0 Å². The van der Waals surface area contributed by atoms with Gasteiger partial charge in [0.15, 0.2) is 0 Å². The van der Waals surface area contributed by atoms with Crippen LogP contribution in [0.5, 0.6) is 0 Å². The van der Waals surface area contributed by atoms with Gasteiger partial charge in [-0.1, -0.05) is 43.0 Å². The molecule has 2 N–H and O–H groups in total. The van der Waals surface area contributed by atoms with Crippen molar-refractivity contribution in [3.63, 3.8) is 0 Å². The number of carbonyl (C=O) groups excluding carboxylic acids is 2. The molecule has 2 amide bonds. The maximum Gasteiger partial charge on any atom is 0.246 e. The molecule has 39 heavy (non-hydrogen) atoms. The summed E-state index contributed by atoms with van der Waals surface area (Å²) in [5.74, 6) is 0.734. The number of fused-ring (bicyclic) bond motifs is 1. The summed E-state index contributed by atoms with van der Waals surface area (Å²) in [6.07, 6.45) is 11.9. The van der Waals surface area contributed by atoms with E-state index in [2.05, 4.69) is 28.4 Å². The second-order valence-electron chi connectivity index (χ2n) is 10.5. The number of nitrogens with one attached hydrogen (secondary N) is 2. The Morgan fingerprint density at radius 2 is 1.95 bits per heavy atom. The van der Waals surface area contributed by atoms with E-state index in [-0.39, 0.29) is 29.8 Å². The second kappa shape index (κ2) is 12.0. The van der Waals surface area contributed by atoms with E-state index in [0.717, 1.165) is 61.5 Å². The zero-order chi connectivity index (χ0) is 27.4. The Labute approximate surface area is 234 Å². The van der Waals surface area contributed by atoms with E-state index in [1.165, 1.54) is 12.2 Å². The number of aromatic nitrogens is 3. The fraction of sp³-hybridized carbons (Fsp3) is 0.400. The van der Waals surface area contributed by atoms with E-state index in [1.54, 1.807) is 6.20 Å². The molecule has 1 unspecified atom stereocenters. The molecule has 0 bridgehead atoms. The lowest BCUT2D eigenvalue weighted by atomic mass is 9.88. The maximum absolute atomic E-state index is 12.9. The summed E-state index contributed by atoms with van der Waals surface area (Å²) in [6.45, 7) is 9.41. The molecule has 0 spiro atoms. The molecule has 0 radical (unpaired) electrons. The van der Waals surface area contributed by atoms with Gasteiger partial charge >= 0.3 is 0 Å². The molecule has 1 aliphatic heterocycles. The summed E-state index contributed by atoms with van der Waals surface area (Å²) < 4.78 is 0. The van der Waals surface area contributed by atoms with E-state index >= 15 is 0 Å². The zero-order valence-electron chi connectivity index (χ0n) is 22.1. The first-order valence-electron chi connectivity index (χ1n) is 13.7. The lowest BCUT2D eigenvalue weighted by Crippen LogP contribution is -2.49. The van der Waals surface area contributed by atoms with Crippen LogP contribution in [0.25, 0.3) is 22.2 Å². The minimum Gasteiger partial charge on any atom is -0.360 e. The summed E-state index contributed by atoms with van der Waals surface area (Å²) in [7, 11) is 0. The first-order chi connectivity index (χ1) is 19.0. The molecule has 9 heteroatoms. The number of H-pyrrole nitrogens is 1. The van der Waals surface area contributed by atoms with Crippen LogP contribution >= 0.6 is 11.6 Å². The molecule has 1 saturated heterocycles. The number of amides is 2. The molecule has 2 aromatic heterocycles. The van der Waals surface area contributed by atoms with Crippen LogP contribution in [0, 0.1) is 5.92 Å². The number of rotatable bonds is 8. The van der Waals surface area contributed by atoms with Crippen molar-refractivity contribution < 1.29 is 9.59 Å². The van der Waals surface area contributed by atoms with E-state index < -0.39 is 0 Å². The average Bonchev–Trinajstić information content (AvgIpc) is 3.41. The highest BCUT2D eigenvalue weighted by Crippen LogP contribution is 2.33. The number of carbonyl (C=O) groups is 2. The Morgan fingerprint density at radius 1 is 1.15 bits per heavy atom. The van der Waals surface area contributed by atoms with Crippen LogP contribution in [0.4, 0.5) is 5.95 Å². The molecule has 1 atom stereocenters. The average molecular weight is 547 g/mol. The van der Waals surface area contributed by atoms with Gasteiger partial charge in [0, 0.05) is 54.4 Å². The third-order valence-corrected chi connectivity index (χ3v) is 8.25. The molecule has 3 heterocycles. The SMILES string of the molecule is C=CC(=O)N1CCCC(CN(C(=O)C=C)C2CCC(Nc3ncc(Cl)c(-c4c[nH]c5ccccc45)n3)CC2)C1. The largest absolute Gasteiger partial charge is 0.360 e. The first-order valence-corrected chi connectivity index (χ1v) is 14.0. The molecule has 1 aromatic carbocycles. The van der Waals surface area contributed by atoms with Crippen LogP contribution < -0.4 is 5.32 Å². The molecular formula is C30H35ClN6O2. The van der Waals surface area contributed by atoms with Gasteiger partial charge in [0.1, 0.15) is 0 Å². The standard InChI is InChI=1S/C30H35ClN6O2/c1-3-27(38)36-15-7-8-20(18-36)19-37(28(39)4-2)22-13-11-21(12-14-22)34-30-33-17-25(31)29(35-30)24-16-32-26-10-6-5-9-23(24)26/h3-6,9-10,16-17,20-22,32H,1-2,7-8,11-15,18-19H2,(H,33,34,35). The highest BCUT2D eigenvalue weighted by Gasteiger charge is 2.32. The lowest BCUT2D eigenvalue weighted by molar-refractivity contribution is -0.131. The Bertz CT molecular complexity index is 1360. The van der Waals surface area contributed by atoms with Crippen LogP contribution in [0.15, 0.2) is 62.0 Å². The van der Waals surface area contributed by atoms with Crippen molar-refractivity contribution in [2.75, 3.05) is 25.0 Å². The van der Waals surface area contributed by atoms with Crippen molar-refractivity contribution in [3.8, 4) is 11.3 Å². The third-order valence-electron chi connectivity index (χ3n) is 7.98. The zero-order valence-corrected chi connectivity index (χ0v) is 22.9. The van der Waals surface area contributed by atoms with Crippen molar-refractivity contribution in [2.45, 2.75) is 50.6 Å². The number of likely N-dealkylation sites (tertiary alicyclic amines) is 1. The number of piperidine rings is 1. The third kappa shape index (κ3) is 6.01. The van der Waals surface area contributed by atoms with E-state index in [0.29, 0.717) is 29.8 Å². The topological polar surface area (TPSA) is 94.2 Å². The van der Waals surface area contributed by atoms with Crippen LogP contribution in [0.3, 0.4) is 0 Å². The minimum absolute atomic E-state index is 0.0369. The lowest BCUT2D eigenvalue weighted by Gasteiger charge is -2.40. The fourth-order valence-electron chi connectivity index (χ4n) is 5.97. The van der Waals surface area contributed by atoms with E-state index in [4.69, 9.17) is 16.6 Å². The smallest absolute Gasteiger partial charge is 0.246 e. The summed E-state index contributed by atoms with van der Waals surface area (Å²) in [4.78, 5) is 41.3. The normalized spacial score (nSPS) is 21.4. The van der Waals surface area contributed by atoms with E-state index in [1.807, 2.05) is 40.3 Å². The number of para-hydroxylation sites is 1. The van der Waals surface area contributed by atoms with Gasteiger partial charge in [0.05, 0.1) is 16.9 Å². The summed E-state index contributed by atoms with van der Waals surface area (Å²) >= 11 is 6.50. The fourth-order valence-corrected chi connectivity index (χ4v) is 6.16. The van der Waals surface area contributed by atoms with Gasteiger partial charge in [-0.3, -0.25) is 9.59 Å². The van der Waals surface area contributed by atoms with Gasteiger partial charge < -0.3 is 20.1 Å². The number of benzene rings is 1. The monoisotopic (exact) mass is 546 g/mol. The highest BCUT2D eigenvalue weighted by atomic mass is 35.5. The molecule has 5 rings (SSSR count). The van der Waals surface area contributed by atoms with Crippen molar-refractivity contribution in [1.82, 2.24) is 24.8 Å². The van der Waals surface area contributed by atoms with Gasteiger partial charge in [-0.05, 0) is 62.7 Å². The van der Waals surface area contributed by atoms with Crippen LogP contribution in [0.1, 0.15) is 38.5 Å². The van der Waals surface area contributed by atoms with Gasteiger partial charge in [0.25, 0.3) is 0 Å². The first kappa shape index (κ1) is 26.9. The Balaban J connectivity index is 1.22. The molecule has 2 aliphatic rings. The van der Waals surface area contributed by atoms with Crippen LogP contribution in [-0.2, 0) is 9.59 Å². The molecule has 8 nitrogen and oxygen atoms in total. The Morgan fingerprint density at radius 3 is 2.72 bits per heavy atom. The van der Waals surface area contributed by atoms with E-state index in [9.17, 15) is 9.59 Å². The summed E-state index contributed by atoms with van der Waals surface area (Å²) in [6, 6.07) is 8.41. The van der Waals surface area contributed by atoms with Gasteiger partial charge in [0.2, 0.25) is 17.8 Å². The summed E-state index contributed by atoms with van der Waals surface area (Å²) in [5.41, 5.74) is 2.67. The molecule has 3 aromatic rings. The maximum atomic E-state index is 12.9. The van der Waals surface area contributed by atoms with Gasteiger partial charge in [-0.2, -0.15) is 0 Å². The molecule has 1 saturated carbocycles. The molecule has 204 valence electrons. The number of halogens is 1. The molecule has 1 aliphatic carbocycles. The second-order valence-corrected chi connectivity index (χ2v) is 10.9. The van der Waals surface area contributed by atoms with Crippen LogP contribution in [-0.4, -0.2) is 68.3 Å². The molecule has 2 fully saturated rings. The minimum atomic E-state index is -0.0389. The van der Waals surface area contributed by atoms with Crippen molar-refractivity contribution in [2.24, 2.45) is 5.92 Å². The number of nitrogens with zero attached hydrogens (tertiary/aromatic N) is 4. The quantitative estimate of drug-likeness (QED) is 0.367. The highest BCUT2D eigenvalue weighted by molar-refractivity contribution is 6.33.